The highest BCUT2D eigenvalue weighted by Gasteiger charge is 2.36. The molecule has 2 aliphatic heterocycles. The van der Waals surface area contributed by atoms with Crippen LogP contribution in [0.3, 0.4) is 0 Å². The van der Waals surface area contributed by atoms with Gasteiger partial charge in [-0.25, -0.2) is 8.78 Å². The van der Waals surface area contributed by atoms with Gasteiger partial charge in [0.1, 0.15) is 17.4 Å². The van der Waals surface area contributed by atoms with Crippen LogP contribution in [0, 0.1) is 11.6 Å². The Kier molecular flexibility index (Phi) is 4.06. The van der Waals surface area contributed by atoms with Gasteiger partial charge >= 0.3 is 0 Å². The zero-order valence-electron chi connectivity index (χ0n) is 13.8. The lowest BCUT2D eigenvalue weighted by Crippen LogP contribution is -2.42. The van der Waals surface area contributed by atoms with Crippen LogP contribution >= 0.6 is 0 Å². The van der Waals surface area contributed by atoms with Gasteiger partial charge < -0.3 is 14.8 Å². The quantitative estimate of drug-likeness (QED) is 0.897. The van der Waals surface area contributed by atoms with Crippen LogP contribution in [0.2, 0.25) is 0 Å². The highest BCUT2D eigenvalue weighted by atomic mass is 19.1. The largest absolute Gasteiger partial charge is 0.506 e. The number of aryl methyl sites for hydroxylation is 1. The van der Waals surface area contributed by atoms with E-state index in [9.17, 15) is 18.7 Å². The molecule has 2 aromatic carbocycles. The maximum atomic E-state index is 13.9. The van der Waals surface area contributed by atoms with Crippen LogP contribution in [0.5, 0.6) is 5.75 Å². The van der Waals surface area contributed by atoms with Crippen molar-refractivity contribution < 1.29 is 23.5 Å². The van der Waals surface area contributed by atoms with Gasteiger partial charge in [0.25, 0.3) is 5.91 Å². The molecular formula is C19H16F2N2O3. The number of benzene rings is 2. The SMILES string of the molecule is O=C([C@@H]1CC(c2cc(F)ccc2F)=NO1)N1CCCc2cccc(O)c21. The predicted octanol–water partition coefficient (Wildman–Crippen LogP) is 3.14. The standard InChI is InChI=1S/C19H16F2N2O3/c20-12-6-7-14(21)13(9-12)15-10-17(26-22-15)19(25)23-8-2-4-11-3-1-5-16(24)18(11)23/h1,3,5-7,9,17,24H,2,4,8,10H2/t17-/m0/s1. The number of nitrogens with zero attached hydrogens (tertiary/aromatic N) is 2. The summed E-state index contributed by atoms with van der Waals surface area (Å²) in [7, 11) is 0. The van der Waals surface area contributed by atoms with Crippen molar-refractivity contribution in [3.63, 3.8) is 0 Å². The molecule has 0 unspecified atom stereocenters. The summed E-state index contributed by atoms with van der Waals surface area (Å²) in [5.41, 5.74) is 1.55. The van der Waals surface area contributed by atoms with Crippen LogP contribution < -0.4 is 4.90 Å². The Morgan fingerprint density at radius 3 is 2.96 bits per heavy atom. The Bertz CT molecular complexity index is 914. The van der Waals surface area contributed by atoms with E-state index in [1.54, 1.807) is 6.07 Å². The number of aromatic hydroxyl groups is 1. The zero-order chi connectivity index (χ0) is 18.3. The molecule has 1 atom stereocenters. The minimum Gasteiger partial charge on any atom is -0.506 e. The fourth-order valence-electron chi connectivity index (χ4n) is 3.41. The summed E-state index contributed by atoms with van der Waals surface area (Å²) < 4.78 is 27.3. The lowest BCUT2D eigenvalue weighted by Gasteiger charge is -2.31. The second-order valence-electron chi connectivity index (χ2n) is 6.34. The topological polar surface area (TPSA) is 62.1 Å². The van der Waals surface area contributed by atoms with E-state index in [-0.39, 0.29) is 29.4 Å². The molecule has 5 nitrogen and oxygen atoms in total. The molecule has 2 heterocycles. The second-order valence-corrected chi connectivity index (χ2v) is 6.34. The summed E-state index contributed by atoms with van der Waals surface area (Å²) >= 11 is 0. The number of hydrogen-bond donors (Lipinski definition) is 1. The van der Waals surface area contributed by atoms with Crippen molar-refractivity contribution in [3.05, 3.63) is 59.2 Å². The molecular weight excluding hydrogens is 342 g/mol. The summed E-state index contributed by atoms with van der Waals surface area (Å²) in [6, 6.07) is 8.21. The average Bonchev–Trinajstić information content (AvgIpc) is 3.13. The molecule has 0 bridgehead atoms. The molecule has 0 aliphatic carbocycles. The number of hydrogen-bond acceptors (Lipinski definition) is 4. The van der Waals surface area contributed by atoms with E-state index in [4.69, 9.17) is 4.84 Å². The first-order valence-electron chi connectivity index (χ1n) is 8.35. The second kappa shape index (κ2) is 6.40. The molecule has 2 aliphatic rings. The average molecular weight is 358 g/mol. The van der Waals surface area contributed by atoms with Gasteiger partial charge in [0.2, 0.25) is 6.10 Å². The number of carbonyl (C=O) groups is 1. The lowest BCUT2D eigenvalue weighted by molar-refractivity contribution is -0.128. The highest BCUT2D eigenvalue weighted by molar-refractivity contribution is 6.07. The molecule has 7 heteroatoms. The molecule has 0 spiro atoms. The summed E-state index contributed by atoms with van der Waals surface area (Å²) in [5.74, 6) is -1.54. The number of fused-ring (bicyclic) bond motifs is 1. The van der Waals surface area contributed by atoms with Crippen molar-refractivity contribution in [2.24, 2.45) is 5.16 Å². The summed E-state index contributed by atoms with van der Waals surface area (Å²) in [6.07, 6.45) is 0.646. The first-order chi connectivity index (χ1) is 12.5. The number of amides is 1. The minimum atomic E-state index is -0.932. The molecule has 26 heavy (non-hydrogen) atoms. The first kappa shape index (κ1) is 16.5. The third-order valence-corrected chi connectivity index (χ3v) is 4.65. The van der Waals surface area contributed by atoms with Crippen molar-refractivity contribution in [3.8, 4) is 5.75 Å². The van der Waals surface area contributed by atoms with Crippen molar-refractivity contribution in [1.29, 1.82) is 0 Å². The van der Waals surface area contributed by atoms with E-state index in [0.717, 1.165) is 36.6 Å². The smallest absolute Gasteiger partial charge is 0.271 e. The molecule has 1 amide bonds. The normalized spacial score (nSPS) is 18.9. The van der Waals surface area contributed by atoms with E-state index in [2.05, 4.69) is 5.16 Å². The van der Waals surface area contributed by atoms with Gasteiger partial charge in [-0.2, -0.15) is 0 Å². The highest BCUT2D eigenvalue weighted by Crippen LogP contribution is 2.36. The van der Waals surface area contributed by atoms with Crippen LogP contribution in [0.25, 0.3) is 0 Å². The number of phenolic OH excluding ortho intramolecular Hbond substituents is 1. The Balaban J connectivity index is 1.56. The fourth-order valence-corrected chi connectivity index (χ4v) is 3.41. The Hall–Kier alpha value is -2.96. The lowest BCUT2D eigenvalue weighted by atomic mass is 9.99. The zero-order valence-corrected chi connectivity index (χ0v) is 13.8. The van der Waals surface area contributed by atoms with Crippen LogP contribution in [-0.2, 0) is 16.1 Å². The van der Waals surface area contributed by atoms with Crippen LogP contribution in [-0.4, -0.2) is 29.4 Å². The molecule has 0 aromatic heterocycles. The van der Waals surface area contributed by atoms with E-state index in [1.807, 2.05) is 6.07 Å². The number of para-hydroxylation sites is 1. The molecule has 0 fully saturated rings. The van der Waals surface area contributed by atoms with Gasteiger partial charge in [-0.05, 0) is 42.7 Å². The van der Waals surface area contributed by atoms with Crippen LogP contribution in [0.15, 0.2) is 41.6 Å². The third-order valence-electron chi connectivity index (χ3n) is 4.65. The number of phenols is 1. The van der Waals surface area contributed by atoms with Gasteiger partial charge in [0.15, 0.2) is 0 Å². The van der Waals surface area contributed by atoms with Crippen molar-refractivity contribution in [2.45, 2.75) is 25.4 Å². The molecule has 2 aromatic rings. The maximum absolute atomic E-state index is 13.9. The molecule has 0 saturated carbocycles. The van der Waals surface area contributed by atoms with Gasteiger partial charge in [-0.15, -0.1) is 0 Å². The maximum Gasteiger partial charge on any atom is 0.271 e. The Morgan fingerprint density at radius 1 is 1.27 bits per heavy atom. The van der Waals surface area contributed by atoms with Gasteiger partial charge in [0.05, 0.1) is 11.4 Å². The first-order valence-corrected chi connectivity index (χ1v) is 8.35. The molecule has 1 N–H and O–H groups in total. The number of rotatable bonds is 2. The Morgan fingerprint density at radius 2 is 2.12 bits per heavy atom. The Labute approximate surface area is 148 Å². The number of oxime groups is 1. The van der Waals surface area contributed by atoms with Crippen molar-refractivity contribution in [2.75, 3.05) is 11.4 Å². The van der Waals surface area contributed by atoms with Gasteiger partial charge in [0, 0.05) is 18.5 Å². The van der Waals surface area contributed by atoms with Gasteiger partial charge in [-0.3, -0.25) is 4.79 Å². The van der Waals surface area contributed by atoms with Crippen molar-refractivity contribution in [1.82, 2.24) is 0 Å². The monoisotopic (exact) mass is 358 g/mol. The van der Waals surface area contributed by atoms with Gasteiger partial charge in [-0.1, -0.05) is 17.3 Å². The summed E-state index contributed by atoms with van der Waals surface area (Å²) in [4.78, 5) is 19.6. The third kappa shape index (κ3) is 2.79. The molecule has 0 radical (unpaired) electrons. The van der Waals surface area contributed by atoms with Crippen molar-refractivity contribution >= 4 is 17.3 Å². The number of anilines is 1. The number of halogens is 2. The van der Waals surface area contributed by atoms with E-state index in [1.165, 1.54) is 11.0 Å². The van der Waals surface area contributed by atoms with Crippen LogP contribution in [0.4, 0.5) is 14.5 Å². The summed E-state index contributed by atoms with van der Waals surface area (Å²) in [5, 5.41) is 13.9. The van der Waals surface area contributed by atoms with E-state index >= 15 is 0 Å². The van der Waals surface area contributed by atoms with Crippen LogP contribution in [0.1, 0.15) is 24.0 Å². The van der Waals surface area contributed by atoms with E-state index in [0.29, 0.717) is 12.2 Å². The summed E-state index contributed by atoms with van der Waals surface area (Å²) in [6.45, 7) is 0.451. The molecule has 134 valence electrons. The van der Waals surface area contributed by atoms with E-state index < -0.39 is 17.7 Å². The number of carbonyl (C=O) groups excluding carboxylic acids is 1. The molecule has 4 rings (SSSR count). The molecule has 0 saturated heterocycles. The minimum absolute atomic E-state index is 0.0119. The predicted molar refractivity (Wildman–Crippen MR) is 91.2 cm³/mol. The fraction of sp³-hybridized carbons (Fsp3) is 0.263.